The van der Waals surface area contributed by atoms with Crippen LogP contribution < -0.4 is 5.73 Å². The third-order valence-corrected chi connectivity index (χ3v) is 3.75. The number of carbonyl (C=O) groups excluding carboxylic acids is 1. The van der Waals surface area contributed by atoms with Gasteiger partial charge in [-0.05, 0) is 19.1 Å². The lowest BCUT2D eigenvalue weighted by Crippen LogP contribution is -2.49. The van der Waals surface area contributed by atoms with E-state index in [0.29, 0.717) is 30.8 Å². The molecule has 1 aliphatic rings. The number of aryl methyl sites for hydroxylation is 1. The second-order valence-electron chi connectivity index (χ2n) is 5.18. The van der Waals surface area contributed by atoms with Crippen LogP contribution in [0.2, 0.25) is 0 Å². The van der Waals surface area contributed by atoms with Gasteiger partial charge in [0.25, 0.3) is 11.6 Å². The number of rotatable bonds is 4. The summed E-state index contributed by atoms with van der Waals surface area (Å²) < 4.78 is 0. The van der Waals surface area contributed by atoms with Gasteiger partial charge < -0.3 is 10.6 Å². The molecule has 1 aromatic rings. The first kappa shape index (κ1) is 15.4. The number of hydrogen-bond donors (Lipinski definition) is 1. The molecule has 0 aliphatic carbocycles. The summed E-state index contributed by atoms with van der Waals surface area (Å²) >= 11 is 0. The molecule has 7 heteroatoms. The molecule has 7 nitrogen and oxygen atoms in total. The molecule has 1 amide bonds. The number of benzene rings is 1. The first-order valence-corrected chi connectivity index (χ1v) is 6.99. The quantitative estimate of drug-likeness (QED) is 0.648. The van der Waals surface area contributed by atoms with Gasteiger partial charge in [0, 0.05) is 56.5 Å². The summed E-state index contributed by atoms with van der Waals surface area (Å²) in [7, 11) is 0. The van der Waals surface area contributed by atoms with E-state index in [2.05, 4.69) is 4.90 Å². The fourth-order valence-corrected chi connectivity index (χ4v) is 2.53. The highest BCUT2D eigenvalue weighted by Crippen LogP contribution is 2.20. The lowest BCUT2D eigenvalue weighted by atomic mass is 10.1. The molecule has 1 fully saturated rings. The minimum Gasteiger partial charge on any atom is -0.336 e. The SMILES string of the molecule is Cc1cc(C(=O)N2CCN(CCN)CC2)ccc1[N+](=O)[O-]. The van der Waals surface area contributed by atoms with Crippen LogP contribution in [0.1, 0.15) is 15.9 Å². The molecule has 1 saturated heterocycles. The zero-order valence-electron chi connectivity index (χ0n) is 12.1. The maximum atomic E-state index is 12.4. The molecule has 0 radical (unpaired) electrons. The molecular weight excluding hydrogens is 272 g/mol. The van der Waals surface area contributed by atoms with Crippen LogP contribution in [0.25, 0.3) is 0 Å². The standard InChI is InChI=1S/C14H20N4O3/c1-11-10-12(2-3-13(11)18(20)21)14(19)17-8-6-16(5-4-15)7-9-17/h2-3,10H,4-9,15H2,1H3. The highest BCUT2D eigenvalue weighted by atomic mass is 16.6. The number of carbonyl (C=O) groups is 1. The van der Waals surface area contributed by atoms with Crippen LogP contribution in [-0.4, -0.2) is 59.9 Å². The van der Waals surface area contributed by atoms with Crippen molar-refractivity contribution in [2.45, 2.75) is 6.92 Å². The van der Waals surface area contributed by atoms with Crippen LogP contribution in [-0.2, 0) is 0 Å². The Morgan fingerprint density at radius 2 is 2.00 bits per heavy atom. The zero-order chi connectivity index (χ0) is 15.4. The van der Waals surface area contributed by atoms with Gasteiger partial charge >= 0.3 is 0 Å². The van der Waals surface area contributed by atoms with Gasteiger partial charge in [0.2, 0.25) is 0 Å². The number of nitrogens with zero attached hydrogens (tertiary/aromatic N) is 3. The molecule has 2 N–H and O–H groups in total. The Hall–Kier alpha value is -1.99. The van der Waals surface area contributed by atoms with E-state index < -0.39 is 4.92 Å². The fraction of sp³-hybridized carbons (Fsp3) is 0.500. The first-order chi connectivity index (χ1) is 10.0. The normalized spacial score (nSPS) is 16.0. The molecule has 0 bridgehead atoms. The van der Waals surface area contributed by atoms with Gasteiger partial charge in [-0.25, -0.2) is 0 Å². The summed E-state index contributed by atoms with van der Waals surface area (Å²) in [4.78, 5) is 26.8. The first-order valence-electron chi connectivity index (χ1n) is 6.99. The van der Waals surface area contributed by atoms with E-state index in [1.54, 1.807) is 17.9 Å². The van der Waals surface area contributed by atoms with E-state index in [1.807, 2.05) is 0 Å². The number of nitro groups is 1. The molecule has 0 unspecified atom stereocenters. The zero-order valence-corrected chi connectivity index (χ0v) is 12.1. The van der Waals surface area contributed by atoms with Crippen LogP contribution in [0.4, 0.5) is 5.69 Å². The number of hydrogen-bond acceptors (Lipinski definition) is 5. The molecular formula is C14H20N4O3. The monoisotopic (exact) mass is 292 g/mol. The van der Waals surface area contributed by atoms with E-state index in [-0.39, 0.29) is 11.6 Å². The van der Waals surface area contributed by atoms with Gasteiger partial charge in [-0.3, -0.25) is 19.8 Å². The van der Waals surface area contributed by atoms with Gasteiger partial charge in [-0.1, -0.05) is 0 Å². The summed E-state index contributed by atoms with van der Waals surface area (Å²) in [5.41, 5.74) is 6.58. The van der Waals surface area contributed by atoms with Crippen LogP contribution >= 0.6 is 0 Å². The molecule has 2 rings (SSSR count). The Labute approximate surface area is 123 Å². The predicted molar refractivity (Wildman–Crippen MR) is 79.2 cm³/mol. The van der Waals surface area contributed by atoms with Gasteiger partial charge in [-0.15, -0.1) is 0 Å². The molecule has 0 spiro atoms. The number of nitro benzene ring substituents is 1. The molecule has 21 heavy (non-hydrogen) atoms. The lowest BCUT2D eigenvalue weighted by Gasteiger charge is -2.34. The van der Waals surface area contributed by atoms with Crippen molar-refractivity contribution in [1.82, 2.24) is 9.80 Å². The fourth-order valence-electron chi connectivity index (χ4n) is 2.53. The van der Waals surface area contributed by atoms with E-state index in [0.717, 1.165) is 19.6 Å². The van der Waals surface area contributed by atoms with Crippen molar-refractivity contribution in [2.75, 3.05) is 39.3 Å². The van der Waals surface area contributed by atoms with E-state index in [9.17, 15) is 14.9 Å². The summed E-state index contributed by atoms with van der Waals surface area (Å²) in [6, 6.07) is 4.51. The van der Waals surface area contributed by atoms with Gasteiger partial charge in [0.15, 0.2) is 0 Å². The Kier molecular flexibility index (Phi) is 4.87. The number of amides is 1. The molecule has 0 aromatic heterocycles. The molecule has 1 aliphatic heterocycles. The van der Waals surface area contributed by atoms with Crippen LogP contribution in [0.5, 0.6) is 0 Å². The molecule has 114 valence electrons. The van der Waals surface area contributed by atoms with E-state index >= 15 is 0 Å². The number of nitrogens with two attached hydrogens (primary N) is 1. The second kappa shape index (κ2) is 6.64. The average Bonchev–Trinajstić information content (AvgIpc) is 2.47. The van der Waals surface area contributed by atoms with Crippen molar-refractivity contribution >= 4 is 11.6 Å². The van der Waals surface area contributed by atoms with Crippen LogP contribution in [0.3, 0.4) is 0 Å². The highest BCUT2D eigenvalue weighted by Gasteiger charge is 2.22. The lowest BCUT2D eigenvalue weighted by molar-refractivity contribution is -0.385. The number of piperazine rings is 1. The van der Waals surface area contributed by atoms with Crippen molar-refractivity contribution in [2.24, 2.45) is 5.73 Å². The Morgan fingerprint density at radius 3 is 2.52 bits per heavy atom. The maximum absolute atomic E-state index is 12.4. The smallest absolute Gasteiger partial charge is 0.272 e. The summed E-state index contributed by atoms with van der Waals surface area (Å²) in [5.74, 6) is -0.0691. The molecule has 1 heterocycles. The largest absolute Gasteiger partial charge is 0.336 e. The Morgan fingerprint density at radius 1 is 1.33 bits per heavy atom. The van der Waals surface area contributed by atoms with Crippen LogP contribution in [0, 0.1) is 17.0 Å². The molecule has 1 aromatic carbocycles. The topological polar surface area (TPSA) is 92.7 Å². The van der Waals surface area contributed by atoms with Crippen molar-refractivity contribution in [3.05, 3.63) is 39.4 Å². The van der Waals surface area contributed by atoms with Gasteiger partial charge in [0.05, 0.1) is 4.92 Å². The van der Waals surface area contributed by atoms with Crippen molar-refractivity contribution < 1.29 is 9.72 Å². The third-order valence-electron chi connectivity index (χ3n) is 3.75. The highest BCUT2D eigenvalue weighted by molar-refractivity contribution is 5.94. The summed E-state index contributed by atoms with van der Waals surface area (Å²) in [5, 5.41) is 10.8. The predicted octanol–water partition coefficient (Wildman–Crippen LogP) is 0.620. The van der Waals surface area contributed by atoms with Crippen LogP contribution in [0.15, 0.2) is 18.2 Å². The Bertz CT molecular complexity index is 539. The summed E-state index contributed by atoms with van der Waals surface area (Å²) in [6.45, 7) is 6.07. The summed E-state index contributed by atoms with van der Waals surface area (Å²) in [6.07, 6.45) is 0. The second-order valence-corrected chi connectivity index (χ2v) is 5.18. The van der Waals surface area contributed by atoms with Gasteiger partial charge in [-0.2, -0.15) is 0 Å². The van der Waals surface area contributed by atoms with E-state index in [4.69, 9.17) is 5.73 Å². The average molecular weight is 292 g/mol. The minimum absolute atomic E-state index is 0.0410. The Balaban J connectivity index is 2.04. The van der Waals surface area contributed by atoms with Crippen molar-refractivity contribution in [3.63, 3.8) is 0 Å². The molecule has 0 saturated carbocycles. The molecule has 0 atom stereocenters. The van der Waals surface area contributed by atoms with Gasteiger partial charge in [0.1, 0.15) is 0 Å². The van der Waals surface area contributed by atoms with Crippen molar-refractivity contribution in [3.8, 4) is 0 Å². The minimum atomic E-state index is -0.435. The third kappa shape index (κ3) is 3.56. The van der Waals surface area contributed by atoms with Crippen molar-refractivity contribution in [1.29, 1.82) is 0 Å². The maximum Gasteiger partial charge on any atom is 0.272 e. The van der Waals surface area contributed by atoms with E-state index in [1.165, 1.54) is 12.1 Å².